The lowest BCUT2D eigenvalue weighted by atomic mass is 10.1. The summed E-state index contributed by atoms with van der Waals surface area (Å²) in [6.45, 7) is 14.0. The number of hydrogen-bond acceptors (Lipinski definition) is 0. The van der Waals surface area contributed by atoms with E-state index in [0.29, 0.717) is 16.6 Å². The van der Waals surface area contributed by atoms with Gasteiger partial charge in [-0.15, -0.1) is 5.54 Å². The van der Waals surface area contributed by atoms with E-state index in [1.807, 2.05) is 0 Å². The van der Waals surface area contributed by atoms with E-state index in [1.165, 1.54) is 10.8 Å². The molecule has 2 aromatic rings. The number of hydrogen-bond donors (Lipinski definition) is 0. The lowest BCUT2D eigenvalue weighted by Gasteiger charge is -2.37. The van der Waals surface area contributed by atoms with Gasteiger partial charge >= 0.3 is 0 Å². The minimum Gasteiger partial charge on any atom is -0.116 e. The first kappa shape index (κ1) is 18.4. The molecule has 24 heavy (non-hydrogen) atoms. The molecule has 0 fully saturated rings. The summed E-state index contributed by atoms with van der Waals surface area (Å²) in [5.41, 5.74) is 6.66. The lowest BCUT2D eigenvalue weighted by molar-refractivity contribution is 0.838. The Morgan fingerprint density at radius 2 is 1.29 bits per heavy atom. The van der Waals surface area contributed by atoms with Crippen molar-refractivity contribution in [2.45, 2.75) is 58.2 Å². The summed E-state index contributed by atoms with van der Waals surface area (Å²) >= 11 is 0. The van der Waals surface area contributed by atoms with Crippen LogP contribution < -0.4 is 0 Å². The van der Waals surface area contributed by atoms with Gasteiger partial charge in [0.25, 0.3) is 0 Å². The Bertz CT molecular complexity index is 792. The van der Waals surface area contributed by atoms with Crippen LogP contribution in [0.25, 0.3) is 10.8 Å². The molecule has 2 aromatic carbocycles. The predicted molar refractivity (Wildman–Crippen MR) is 110 cm³/mol. The summed E-state index contributed by atoms with van der Waals surface area (Å²) in [5, 5.41) is 2.43. The Labute approximate surface area is 148 Å². The van der Waals surface area contributed by atoms with Gasteiger partial charge in [-0.25, -0.2) is 0 Å². The molecule has 0 saturated carbocycles. The maximum atomic E-state index is 3.67. The molecular formula is C23H28Si. The van der Waals surface area contributed by atoms with E-state index in [-0.39, 0.29) is 0 Å². The molecule has 0 aliphatic rings. The lowest BCUT2D eigenvalue weighted by Crippen LogP contribution is -2.43. The molecule has 2 rings (SSSR count). The Hall–Kier alpha value is -1.96. The third-order valence-corrected chi connectivity index (χ3v) is 11.5. The van der Waals surface area contributed by atoms with Crippen LogP contribution in [0.15, 0.2) is 42.5 Å². The quantitative estimate of drug-likeness (QED) is 0.450. The Balaban J connectivity index is 2.41. The minimum absolute atomic E-state index is 0.643. The van der Waals surface area contributed by atoms with Gasteiger partial charge < -0.3 is 0 Å². The second kappa shape index (κ2) is 7.74. The highest BCUT2D eigenvalue weighted by Gasteiger charge is 2.41. The molecule has 0 radical (unpaired) electrons. The first-order valence-electron chi connectivity index (χ1n) is 8.90. The van der Waals surface area contributed by atoms with Crippen molar-refractivity contribution in [2.75, 3.05) is 0 Å². The van der Waals surface area contributed by atoms with E-state index in [1.54, 1.807) is 0 Å². The standard InChI is InChI=1S/C23H28Si/c1-18(2)24(19(3)4,20(5)6)17-10-9-13-22-15-11-14-21-12-7-8-16-23(21)22/h7-8,11-12,14-16,18-20H,1-6H3. The zero-order valence-electron chi connectivity index (χ0n) is 15.8. The van der Waals surface area contributed by atoms with Crippen molar-refractivity contribution >= 4 is 18.8 Å². The van der Waals surface area contributed by atoms with Gasteiger partial charge in [-0.1, -0.05) is 83.9 Å². The largest absolute Gasteiger partial charge is 0.147 e. The van der Waals surface area contributed by atoms with Crippen molar-refractivity contribution in [3.8, 4) is 23.3 Å². The van der Waals surface area contributed by atoms with Crippen LogP contribution in [-0.2, 0) is 0 Å². The molecular weight excluding hydrogens is 304 g/mol. The number of fused-ring (bicyclic) bond motifs is 1. The zero-order chi connectivity index (χ0) is 17.7. The van der Waals surface area contributed by atoms with E-state index >= 15 is 0 Å². The average Bonchev–Trinajstić information content (AvgIpc) is 2.54. The summed E-state index contributed by atoms with van der Waals surface area (Å²) in [5.74, 6) is 9.65. The Morgan fingerprint density at radius 1 is 0.708 bits per heavy atom. The number of benzene rings is 2. The van der Waals surface area contributed by atoms with E-state index in [0.717, 1.165) is 5.56 Å². The molecule has 0 unspecified atom stereocenters. The fourth-order valence-corrected chi connectivity index (χ4v) is 9.15. The second-order valence-corrected chi connectivity index (χ2v) is 13.0. The molecule has 124 valence electrons. The monoisotopic (exact) mass is 332 g/mol. The molecule has 0 atom stereocenters. The first-order valence-corrected chi connectivity index (χ1v) is 11.1. The van der Waals surface area contributed by atoms with E-state index < -0.39 is 8.07 Å². The highest BCUT2D eigenvalue weighted by atomic mass is 28.3. The summed E-state index contributed by atoms with van der Waals surface area (Å²) in [7, 11) is -1.68. The maximum Gasteiger partial charge on any atom is 0.147 e. The maximum absolute atomic E-state index is 3.67. The van der Waals surface area contributed by atoms with Crippen LogP contribution in [0.1, 0.15) is 47.1 Å². The van der Waals surface area contributed by atoms with Crippen LogP contribution in [0.3, 0.4) is 0 Å². The first-order chi connectivity index (χ1) is 11.4. The zero-order valence-corrected chi connectivity index (χ0v) is 16.8. The van der Waals surface area contributed by atoms with Gasteiger partial charge in [0.05, 0.1) is 0 Å². The molecule has 1 heteroatoms. The molecule has 0 N–H and O–H groups in total. The van der Waals surface area contributed by atoms with Crippen molar-refractivity contribution in [2.24, 2.45) is 0 Å². The van der Waals surface area contributed by atoms with E-state index in [9.17, 15) is 0 Å². The smallest absolute Gasteiger partial charge is 0.116 e. The Kier molecular flexibility index (Phi) is 5.93. The molecule has 0 bridgehead atoms. The molecule has 0 aromatic heterocycles. The Morgan fingerprint density at radius 3 is 1.92 bits per heavy atom. The third-order valence-electron chi connectivity index (χ3n) is 5.19. The molecule has 0 aliphatic heterocycles. The fourth-order valence-electron chi connectivity index (χ4n) is 4.01. The minimum atomic E-state index is -1.68. The van der Waals surface area contributed by atoms with Crippen molar-refractivity contribution in [1.29, 1.82) is 0 Å². The summed E-state index contributed by atoms with van der Waals surface area (Å²) in [6.07, 6.45) is 0. The van der Waals surface area contributed by atoms with Crippen LogP contribution in [0.5, 0.6) is 0 Å². The van der Waals surface area contributed by atoms with Crippen molar-refractivity contribution in [1.82, 2.24) is 0 Å². The summed E-state index contributed by atoms with van der Waals surface area (Å²) in [4.78, 5) is 0. The van der Waals surface area contributed by atoms with Crippen LogP contribution in [0.2, 0.25) is 16.6 Å². The highest BCUT2D eigenvalue weighted by Crippen LogP contribution is 2.40. The molecule has 0 aliphatic carbocycles. The summed E-state index contributed by atoms with van der Waals surface area (Å²) < 4.78 is 0. The SMILES string of the molecule is CC(C)[Si](C#CC#Cc1cccc2ccccc12)(C(C)C)C(C)C. The van der Waals surface area contributed by atoms with Crippen LogP contribution in [0, 0.1) is 23.3 Å². The average molecular weight is 333 g/mol. The number of rotatable bonds is 3. The highest BCUT2D eigenvalue weighted by molar-refractivity contribution is 6.90. The predicted octanol–water partition coefficient (Wildman–Crippen LogP) is 6.41. The van der Waals surface area contributed by atoms with Crippen LogP contribution in [-0.4, -0.2) is 8.07 Å². The normalized spacial score (nSPS) is 11.4. The van der Waals surface area contributed by atoms with Gasteiger partial charge in [-0.3, -0.25) is 0 Å². The molecule has 0 spiro atoms. The van der Waals surface area contributed by atoms with Gasteiger partial charge in [0, 0.05) is 5.56 Å². The topological polar surface area (TPSA) is 0 Å². The van der Waals surface area contributed by atoms with Gasteiger partial charge in [-0.05, 0) is 45.3 Å². The van der Waals surface area contributed by atoms with E-state index in [4.69, 9.17) is 0 Å². The summed E-state index contributed by atoms with van der Waals surface area (Å²) in [6, 6.07) is 14.6. The van der Waals surface area contributed by atoms with Gasteiger partial charge in [0.2, 0.25) is 0 Å². The van der Waals surface area contributed by atoms with Crippen molar-refractivity contribution in [3.05, 3.63) is 48.0 Å². The van der Waals surface area contributed by atoms with E-state index in [2.05, 4.69) is 107 Å². The molecule has 0 amide bonds. The van der Waals surface area contributed by atoms with Crippen molar-refractivity contribution in [3.63, 3.8) is 0 Å². The van der Waals surface area contributed by atoms with Crippen LogP contribution >= 0.6 is 0 Å². The molecule has 0 saturated heterocycles. The molecule has 0 nitrogen and oxygen atoms in total. The molecule has 0 heterocycles. The fraction of sp³-hybridized carbons (Fsp3) is 0.391. The van der Waals surface area contributed by atoms with Gasteiger partial charge in [0.1, 0.15) is 8.07 Å². The van der Waals surface area contributed by atoms with Crippen LogP contribution in [0.4, 0.5) is 0 Å². The van der Waals surface area contributed by atoms with Crippen molar-refractivity contribution < 1.29 is 0 Å². The second-order valence-electron chi connectivity index (χ2n) is 7.42. The third kappa shape index (κ3) is 3.58. The van der Waals surface area contributed by atoms with Gasteiger partial charge in [0.15, 0.2) is 0 Å². The van der Waals surface area contributed by atoms with Gasteiger partial charge in [-0.2, -0.15) is 0 Å².